The Hall–Kier alpha value is -2.66. The number of carbonyl (C=O) groups is 1. The van der Waals surface area contributed by atoms with Crippen molar-refractivity contribution in [2.24, 2.45) is 0 Å². The maximum atomic E-state index is 13.7. The number of thiophene rings is 1. The number of urea groups is 1. The molecule has 1 unspecified atom stereocenters. The van der Waals surface area contributed by atoms with Gasteiger partial charge in [0, 0.05) is 22.0 Å². The highest BCUT2D eigenvalue weighted by molar-refractivity contribution is 7.12. The fourth-order valence-corrected chi connectivity index (χ4v) is 6.67. The van der Waals surface area contributed by atoms with Crippen LogP contribution in [0.2, 0.25) is 0 Å². The summed E-state index contributed by atoms with van der Waals surface area (Å²) in [5.74, 6) is -0.253. The Morgan fingerprint density at radius 2 is 1.71 bits per heavy atom. The zero-order chi connectivity index (χ0) is 21.5. The van der Waals surface area contributed by atoms with E-state index < -0.39 is 0 Å². The summed E-state index contributed by atoms with van der Waals surface area (Å²) in [7, 11) is 0. The molecule has 0 saturated carbocycles. The lowest BCUT2D eigenvalue weighted by Crippen LogP contribution is -2.42. The topological polar surface area (TPSA) is 32.3 Å². The lowest BCUT2D eigenvalue weighted by molar-refractivity contribution is 0.195. The second-order valence-corrected chi connectivity index (χ2v) is 9.89. The number of hydrogen-bond donors (Lipinski definition) is 1. The van der Waals surface area contributed by atoms with Crippen molar-refractivity contribution < 1.29 is 9.18 Å². The second-order valence-electron chi connectivity index (χ2n) is 8.76. The van der Waals surface area contributed by atoms with Gasteiger partial charge in [0.1, 0.15) is 5.82 Å². The van der Waals surface area contributed by atoms with Gasteiger partial charge in [-0.2, -0.15) is 0 Å². The summed E-state index contributed by atoms with van der Waals surface area (Å²) in [4.78, 5) is 18.1. The predicted octanol–water partition coefficient (Wildman–Crippen LogP) is 6.56. The molecule has 2 aliphatic rings. The molecule has 3 nitrogen and oxygen atoms in total. The predicted molar refractivity (Wildman–Crippen MR) is 125 cm³/mol. The molecule has 2 heterocycles. The molecule has 5 rings (SSSR count). The highest BCUT2D eigenvalue weighted by Gasteiger charge is 2.36. The van der Waals surface area contributed by atoms with E-state index in [2.05, 4.69) is 11.4 Å². The van der Waals surface area contributed by atoms with Crippen LogP contribution in [0.4, 0.5) is 14.9 Å². The number of amides is 2. The second kappa shape index (κ2) is 8.12. The quantitative estimate of drug-likeness (QED) is 0.486. The van der Waals surface area contributed by atoms with Gasteiger partial charge in [0.05, 0.1) is 6.04 Å². The number of rotatable bonds is 2. The van der Waals surface area contributed by atoms with Gasteiger partial charge < -0.3 is 10.2 Å². The van der Waals surface area contributed by atoms with Gasteiger partial charge in [-0.05, 0) is 98.0 Å². The molecule has 1 aliphatic carbocycles. The Balaban J connectivity index is 1.53. The van der Waals surface area contributed by atoms with E-state index in [9.17, 15) is 9.18 Å². The Kier molecular flexibility index (Phi) is 5.30. The molecule has 1 N–H and O–H groups in total. The van der Waals surface area contributed by atoms with Crippen molar-refractivity contribution in [1.82, 2.24) is 4.90 Å². The zero-order valence-electron chi connectivity index (χ0n) is 18.0. The summed E-state index contributed by atoms with van der Waals surface area (Å²) in [5, 5.41) is 3.11. The van der Waals surface area contributed by atoms with Crippen molar-refractivity contribution in [1.29, 1.82) is 0 Å². The molecule has 31 heavy (non-hydrogen) atoms. The van der Waals surface area contributed by atoms with Crippen molar-refractivity contribution in [2.75, 3.05) is 11.9 Å². The molecule has 0 saturated heterocycles. The molecule has 2 amide bonds. The first-order valence-electron chi connectivity index (χ1n) is 11.0. The summed E-state index contributed by atoms with van der Waals surface area (Å²) in [5.41, 5.74) is 6.99. The summed E-state index contributed by atoms with van der Waals surface area (Å²) in [6.45, 7) is 4.73. The van der Waals surface area contributed by atoms with E-state index in [4.69, 9.17) is 0 Å². The lowest BCUT2D eigenvalue weighted by atomic mass is 9.88. The van der Waals surface area contributed by atoms with E-state index in [1.807, 2.05) is 54.3 Å². The first-order chi connectivity index (χ1) is 15.0. The number of fused-ring (bicyclic) bond motifs is 3. The summed E-state index contributed by atoms with van der Waals surface area (Å²) < 4.78 is 13.7. The molecular formula is C26H27FN2OS. The molecule has 3 aromatic rings. The maximum Gasteiger partial charge on any atom is 0.322 e. The first kappa shape index (κ1) is 20.3. The minimum absolute atomic E-state index is 0.101. The third-order valence-electron chi connectivity index (χ3n) is 6.39. The van der Waals surface area contributed by atoms with Gasteiger partial charge in [-0.25, -0.2) is 9.18 Å². The summed E-state index contributed by atoms with van der Waals surface area (Å²) >= 11 is 1.86. The van der Waals surface area contributed by atoms with Gasteiger partial charge in [-0.1, -0.05) is 18.2 Å². The molecule has 160 valence electrons. The monoisotopic (exact) mass is 434 g/mol. The van der Waals surface area contributed by atoms with Crippen LogP contribution >= 0.6 is 11.3 Å². The fourth-order valence-electron chi connectivity index (χ4n) is 5.09. The normalized spacial score (nSPS) is 17.8. The van der Waals surface area contributed by atoms with Crippen molar-refractivity contribution in [3.63, 3.8) is 0 Å². The molecule has 0 spiro atoms. The van der Waals surface area contributed by atoms with Crippen LogP contribution in [-0.4, -0.2) is 17.5 Å². The minimum atomic E-state index is -0.253. The van der Waals surface area contributed by atoms with Crippen LogP contribution in [0, 0.1) is 19.7 Å². The number of nitrogens with one attached hydrogen (secondary N) is 1. The SMILES string of the molecule is Cc1cc(C)cc(NC(=O)N2CCc3c(sc4c3CCCC4)C2c2ccc(F)cc2)c1. The van der Waals surface area contributed by atoms with Crippen LogP contribution < -0.4 is 5.32 Å². The molecule has 1 aliphatic heterocycles. The van der Waals surface area contributed by atoms with Crippen LogP contribution in [0.5, 0.6) is 0 Å². The van der Waals surface area contributed by atoms with Crippen molar-refractivity contribution >= 4 is 23.1 Å². The van der Waals surface area contributed by atoms with Crippen LogP contribution in [0.1, 0.15) is 56.5 Å². The van der Waals surface area contributed by atoms with Crippen molar-refractivity contribution in [2.45, 2.75) is 52.0 Å². The Morgan fingerprint density at radius 1 is 1.00 bits per heavy atom. The molecule has 5 heteroatoms. The Morgan fingerprint density at radius 3 is 2.45 bits per heavy atom. The number of hydrogen-bond acceptors (Lipinski definition) is 2. The van der Waals surface area contributed by atoms with Crippen molar-refractivity contribution in [3.05, 3.63) is 85.9 Å². The lowest BCUT2D eigenvalue weighted by Gasteiger charge is -2.36. The Bertz CT molecular complexity index is 1110. The summed E-state index contributed by atoms with van der Waals surface area (Å²) in [6.07, 6.45) is 5.65. The van der Waals surface area contributed by atoms with Crippen LogP contribution in [-0.2, 0) is 19.3 Å². The molecule has 1 atom stereocenters. The smallest absolute Gasteiger partial charge is 0.312 e. The number of carbonyl (C=O) groups excluding carboxylic acids is 1. The third kappa shape index (κ3) is 3.87. The average molecular weight is 435 g/mol. The maximum absolute atomic E-state index is 13.7. The first-order valence-corrected chi connectivity index (χ1v) is 11.9. The van der Waals surface area contributed by atoms with E-state index in [1.165, 1.54) is 45.9 Å². The molecule has 0 fully saturated rings. The van der Waals surface area contributed by atoms with Gasteiger partial charge in [0.2, 0.25) is 0 Å². The fraction of sp³-hybridized carbons (Fsp3) is 0.346. The van der Waals surface area contributed by atoms with E-state index in [0.717, 1.165) is 41.6 Å². The largest absolute Gasteiger partial charge is 0.322 e. The number of nitrogens with zero attached hydrogens (tertiary/aromatic N) is 1. The molecule has 1 aromatic heterocycles. The average Bonchev–Trinajstić information content (AvgIpc) is 3.12. The van der Waals surface area contributed by atoms with Gasteiger partial charge in [0.15, 0.2) is 0 Å². The number of benzene rings is 2. The van der Waals surface area contributed by atoms with Gasteiger partial charge >= 0.3 is 6.03 Å². The minimum Gasteiger partial charge on any atom is -0.312 e. The van der Waals surface area contributed by atoms with E-state index in [0.29, 0.717) is 6.54 Å². The molecule has 0 bridgehead atoms. The number of aryl methyl sites for hydroxylation is 3. The van der Waals surface area contributed by atoms with Gasteiger partial charge in [-0.15, -0.1) is 11.3 Å². The van der Waals surface area contributed by atoms with E-state index >= 15 is 0 Å². The number of halogens is 1. The highest BCUT2D eigenvalue weighted by atomic mass is 32.1. The molecule has 0 radical (unpaired) electrons. The van der Waals surface area contributed by atoms with Gasteiger partial charge in [0.25, 0.3) is 0 Å². The number of anilines is 1. The molecular weight excluding hydrogens is 407 g/mol. The third-order valence-corrected chi connectivity index (χ3v) is 7.78. The zero-order valence-corrected chi connectivity index (χ0v) is 18.8. The van der Waals surface area contributed by atoms with Crippen LogP contribution in [0.15, 0.2) is 42.5 Å². The van der Waals surface area contributed by atoms with E-state index in [1.54, 1.807) is 0 Å². The van der Waals surface area contributed by atoms with Crippen molar-refractivity contribution in [3.8, 4) is 0 Å². The van der Waals surface area contributed by atoms with Gasteiger partial charge in [-0.3, -0.25) is 0 Å². The molecule has 2 aromatic carbocycles. The summed E-state index contributed by atoms with van der Waals surface area (Å²) in [6, 6.07) is 12.5. The van der Waals surface area contributed by atoms with E-state index in [-0.39, 0.29) is 17.9 Å². The highest BCUT2D eigenvalue weighted by Crippen LogP contribution is 2.45. The Labute approximate surface area is 186 Å². The standard InChI is InChI=1S/C26H27FN2OS/c1-16-13-17(2)15-20(14-16)28-26(30)29-12-11-22-21-5-3-4-6-23(21)31-25(22)24(29)18-7-9-19(27)10-8-18/h7-10,13-15,24H,3-6,11-12H2,1-2H3,(H,28,30). The van der Waals surface area contributed by atoms with Crippen LogP contribution in [0.25, 0.3) is 0 Å². The van der Waals surface area contributed by atoms with Crippen LogP contribution in [0.3, 0.4) is 0 Å².